The lowest BCUT2D eigenvalue weighted by Crippen LogP contribution is -2.14. The van der Waals surface area contributed by atoms with Gasteiger partial charge in [-0.1, -0.05) is 48.0 Å². The normalized spacial score (nSPS) is 13.0. The Morgan fingerprint density at radius 1 is 1.00 bits per heavy atom. The maximum absolute atomic E-state index is 13.1. The second-order valence-electron chi connectivity index (χ2n) is 5.77. The van der Waals surface area contributed by atoms with Crippen LogP contribution in [0.3, 0.4) is 0 Å². The van der Waals surface area contributed by atoms with Crippen molar-refractivity contribution in [1.82, 2.24) is 10.2 Å². The van der Waals surface area contributed by atoms with Crippen LogP contribution in [0.25, 0.3) is 10.8 Å². The Morgan fingerprint density at radius 2 is 1.68 bits per heavy atom. The van der Waals surface area contributed by atoms with Crippen LogP contribution in [0.5, 0.6) is 0 Å². The molecule has 0 saturated carbocycles. The number of halogens is 4. The van der Waals surface area contributed by atoms with Crippen molar-refractivity contribution in [2.45, 2.75) is 26.1 Å². The summed E-state index contributed by atoms with van der Waals surface area (Å²) in [5.74, 6) is 0.476. The summed E-state index contributed by atoms with van der Waals surface area (Å²) in [5, 5.41) is 12.9. The van der Waals surface area contributed by atoms with E-state index in [9.17, 15) is 13.2 Å². The van der Waals surface area contributed by atoms with Gasteiger partial charge in [0.15, 0.2) is 11.0 Å². The van der Waals surface area contributed by atoms with Gasteiger partial charge in [-0.05, 0) is 31.0 Å². The Bertz CT molecular complexity index is 925. The van der Waals surface area contributed by atoms with Crippen LogP contribution in [0, 0.1) is 6.92 Å². The van der Waals surface area contributed by atoms with Gasteiger partial charge >= 0.3 is 6.18 Å². The Balaban J connectivity index is 1.99. The Hall–Kier alpha value is -2.34. The molecule has 0 aliphatic heterocycles. The number of fused-ring (bicyclic) bond motifs is 1. The molecule has 1 unspecified atom stereocenters. The van der Waals surface area contributed by atoms with Crippen molar-refractivity contribution in [3.63, 3.8) is 0 Å². The van der Waals surface area contributed by atoms with Crippen LogP contribution in [0.2, 0.25) is 5.15 Å². The van der Waals surface area contributed by atoms with E-state index < -0.39 is 11.7 Å². The lowest BCUT2D eigenvalue weighted by molar-refractivity contribution is -0.138. The van der Waals surface area contributed by atoms with E-state index in [1.807, 2.05) is 24.3 Å². The van der Waals surface area contributed by atoms with E-state index >= 15 is 0 Å². The lowest BCUT2D eigenvalue weighted by atomic mass is 9.97. The second-order valence-corrected chi connectivity index (χ2v) is 6.13. The van der Waals surface area contributed by atoms with E-state index in [0.717, 1.165) is 16.8 Å². The molecule has 2 aromatic carbocycles. The monoisotopic (exact) mass is 365 g/mol. The van der Waals surface area contributed by atoms with Gasteiger partial charge in [-0.2, -0.15) is 13.2 Å². The molecule has 0 saturated heterocycles. The third kappa shape index (κ3) is 3.39. The molecule has 0 bridgehead atoms. The van der Waals surface area contributed by atoms with Gasteiger partial charge < -0.3 is 5.32 Å². The van der Waals surface area contributed by atoms with Crippen LogP contribution >= 0.6 is 11.6 Å². The molecule has 0 spiro atoms. The van der Waals surface area contributed by atoms with Crippen LogP contribution in [0.4, 0.5) is 19.0 Å². The van der Waals surface area contributed by atoms with Crippen molar-refractivity contribution in [1.29, 1.82) is 0 Å². The molecular formula is C18H15ClF3N3. The van der Waals surface area contributed by atoms with E-state index in [4.69, 9.17) is 11.6 Å². The van der Waals surface area contributed by atoms with Crippen LogP contribution in [0.1, 0.15) is 29.7 Å². The Labute approximate surface area is 147 Å². The molecule has 0 fully saturated rings. The van der Waals surface area contributed by atoms with Gasteiger partial charge in [0, 0.05) is 10.8 Å². The smallest absolute Gasteiger partial charge is 0.362 e. The quantitative estimate of drug-likeness (QED) is 0.639. The predicted molar refractivity (Wildman–Crippen MR) is 92.8 cm³/mol. The number of nitrogens with one attached hydrogen (secondary N) is 1. The molecule has 1 N–H and O–H groups in total. The number of hydrogen-bond donors (Lipinski definition) is 1. The number of alkyl halides is 3. The fourth-order valence-electron chi connectivity index (χ4n) is 2.89. The molecule has 3 rings (SSSR count). The number of rotatable bonds is 3. The number of benzene rings is 2. The van der Waals surface area contributed by atoms with Crippen molar-refractivity contribution in [3.05, 3.63) is 64.3 Å². The molecule has 0 radical (unpaired) electrons. The molecule has 7 heteroatoms. The first-order valence-corrected chi connectivity index (χ1v) is 8.01. The minimum atomic E-state index is -4.38. The molecule has 0 aliphatic rings. The molecule has 1 heterocycles. The molecule has 3 aromatic rings. The van der Waals surface area contributed by atoms with Crippen molar-refractivity contribution >= 4 is 28.2 Å². The van der Waals surface area contributed by atoms with Crippen LogP contribution in [-0.4, -0.2) is 10.2 Å². The largest absolute Gasteiger partial charge is 0.416 e. The third-order valence-electron chi connectivity index (χ3n) is 4.14. The first-order valence-electron chi connectivity index (χ1n) is 7.63. The molecule has 0 amide bonds. The summed E-state index contributed by atoms with van der Waals surface area (Å²) in [4.78, 5) is 0. The topological polar surface area (TPSA) is 37.8 Å². The Morgan fingerprint density at radius 3 is 2.36 bits per heavy atom. The van der Waals surface area contributed by atoms with E-state index in [1.165, 1.54) is 13.0 Å². The van der Waals surface area contributed by atoms with E-state index in [1.54, 1.807) is 13.0 Å². The van der Waals surface area contributed by atoms with Crippen LogP contribution in [-0.2, 0) is 6.18 Å². The molecule has 1 aromatic heterocycles. The molecule has 1 atom stereocenters. The maximum atomic E-state index is 13.1. The van der Waals surface area contributed by atoms with Crippen molar-refractivity contribution in [2.75, 3.05) is 5.32 Å². The zero-order valence-electron chi connectivity index (χ0n) is 13.5. The van der Waals surface area contributed by atoms with Gasteiger partial charge in [0.1, 0.15) is 0 Å². The summed E-state index contributed by atoms with van der Waals surface area (Å²) in [6.07, 6.45) is -4.38. The van der Waals surface area contributed by atoms with E-state index in [0.29, 0.717) is 11.4 Å². The molecule has 25 heavy (non-hydrogen) atoms. The van der Waals surface area contributed by atoms with Gasteiger partial charge in [0.25, 0.3) is 0 Å². The summed E-state index contributed by atoms with van der Waals surface area (Å²) >= 11 is 6.05. The SMILES string of the molecule is Cc1c(C(C)Nc2nnc(Cl)c3ccccc23)cccc1C(F)(F)F. The summed E-state index contributed by atoms with van der Waals surface area (Å²) in [6, 6.07) is 11.1. The summed E-state index contributed by atoms with van der Waals surface area (Å²) < 4.78 is 39.3. The number of anilines is 1. The highest BCUT2D eigenvalue weighted by Crippen LogP contribution is 2.35. The predicted octanol–water partition coefficient (Wildman–Crippen LogP) is 5.78. The summed E-state index contributed by atoms with van der Waals surface area (Å²) in [5.41, 5.74) is 0.114. The first-order chi connectivity index (χ1) is 11.8. The Kier molecular flexibility index (Phi) is 4.56. The average Bonchev–Trinajstić information content (AvgIpc) is 2.56. The van der Waals surface area contributed by atoms with Gasteiger partial charge in [-0.3, -0.25) is 0 Å². The minimum Gasteiger partial charge on any atom is -0.362 e. The highest BCUT2D eigenvalue weighted by atomic mass is 35.5. The van der Waals surface area contributed by atoms with Gasteiger partial charge in [0.2, 0.25) is 0 Å². The molecule has 130 valence electrons. The highest BCUT2D eigenvalue weighted by molar-refractivity contribution is 6.34. The molecular weight excluding hydrogens is 351 g/mol. The highest BCUT2D eigenvalue weighted by Gasteiger charge is 2.33. The zero-order chi connectivity index (χ0) is 18.2. The first kappa shape index (κ1) is 17.5. The maximum Gasteiger partial charge on any atom is 0.416 e. The van der Waals surface area contributed by atoms with Gasteiger partial charge in [-0.15, -0.1) is 10.2 Å². The zero-order valence-corrected chi connectivity index (χ0v) is 14.3. The second kappa shape index (κ2) is 6.52. The summed E-state index contributed by atoms with van der Waals surface area (Å²) in [7, 11) is 0. The van der Waals surface area contributed by atoms with Crippen molar-refractivity contribution < 1.29 is 13.2 Å². The van der Waals surface area contributed by atoms with E-state index in [2.05, 4.69) is 15.5 Å². The summed E-state index contributed by atoms with van der Waals surface area (Å²) in [6.45, 7) is 3.26. The fraction of sp³-hybridized carbons (Fsp3) is 0.222. The molecule has 0 aliphatic carbocycles. The standard InChI is InChI=1S/C18H15ClF3N3/c1-10-12(8-5-9-15(10)18(20,21)22)11(2)23-17-14-7-4-3-6-13(14)16(19)24-25-17/h3-9,11H,1-2H3,(H,23,25). The van der Waals surface area contributed by atoms with Crippen molar-refractivity contribution in [2.24, 2.45) is 0 Å². The lowest BCUT2D eigenvalue weighted by Gasteiger charge is -2.20. The number of nitrogens with zero attached hydrogens (tertiary/aromatic N) is 2. The van der Waals surface area contributed by atoms with Gasteiger partial charge in [0.05, 0.1) is 11.6 Å². The van der Waals surface area contributed by atoms with Crippen molar-refractivity contribution in [3.8, 4) is 0 Å². The van der Waals surface area contributed by atoms with E-state index in [-0.39, 0.29) is 16.8 Å². The number of aromatic nitrogens is 2. The van der Waals surface area contributed by atoms with Crippen LogP contribution < -0.4 is 5.32 Å². The third-order valence-corrected chi connectivity index (χ3v) is 4.42. The molecule has 3 nitrogen and oxygen atoms in total. The number of hydrogen-bond acceptors (Lipinski definition) is 3. The average molecular weight is 366 g/mol. The van der Waals surface area contributed by atoms with Gasteiger partial charge in [-0.25, -0.2) is 0 Å². The van der Waals surface area contributed by atoms with Crippen LogP contribution in [0.15, 0.2) is 42.5 Å². The fourth-order valence-corrected chi connectivity index (χ4v) is 3.09. The minimum absolute atomic E-state index is 0.196.